The third-order valence-electron chi connectivity index (χ3n) is 5.90. The van der Waals surface area contributed by atoms with Crippen molar-refractivity contribution in [3.8, 4) is 0 Å². The Morgan fingerprint density at radius 2 is 1.11 bits per heavy atom. The van der Waals surface area contributed by atoms with Gasteiger partial charge in [0.25, 0.3) is 0 Å². The van der Waals surface area contributed by atoms with Gasteiger partial charge in [0.2, 0.25) is 0 Å². The van der Waals surface area contributed by atoms with Gasteiger partial charge in [0, 0.05) is 13.7 Å². The molecule has 19 heavy (non-hydrogen) atoms. The van der Waals surface area contributed by atoms with Crippen molar-refractivity contribution in [3.63, 3.8) is 0 Å². The standard InChI is InChI=1S/C18H34O/c1-3-15-4-6-16(7-5-15)8-9-17-10-12-18(13-11-17)14-19-2/h15-18H,3-14H2,1-2H3. The molecule has 0 atom stereocenters. The first kappa shape index (κ1) is 15.4. The lowest BCUT2D eigenvalue weighted by atomic mass is 9.75. The molecule has 112 valence electrons. The van der Waals surface area contributed by atoms with Gasteiger partial charge in [-0.05, 0) is 36.5 Å². The molecule has 2 aliphatic carbocycles. The zero-order chi connectivity index (χ0) is 13.5. The fraction of sp³-hybridized carbons (Fsp3) is 1.00. The van der Waals surface area contributed by atoms with Gasteiger partial charge in [-0.2, -0.15) is 0 Å². The molecular weight excluding hydrogens is 232 g/mol. The van der Waals surface area contributed by atoms with E-state index in [-0.39, 0.29) is 0 Å². The van der Waals surface area contributed by atoms with Gasteiger partial charge in [-0.1, -0.05) is 64.7 Å². The van der Waals surface area contributed by atoms with E-state index >= 15 is 0 Å². The summed E-state index contributed by atoms with van der Waals surface area (Å²) in [6.45, 7) is 3.36. The van der Waals surface area contributed by atoms with Crippen LogP contribution in [0.15, 0.2) is 0 Å². The summed E-state index contributed by atoms with van der Waals surface area (Å²) in [5.74, 6) is 4.03. The van der Waals surface area contributed by atoms with E-state index in [9.17, 15) is 0 Å². The van der Waals surface area contributed by atoms with Crippen LogP contribution in [0.4, 0.5) is 0 Å². The monoisotopic (exact) mass is 266 g/mol. The summed E-state index contributed by atoms with van der Waals surface area (Å²) >= 11 is 0. The maximum atomic E-state index is 5.29. The van der Waals surface area contributed by atoms with Crippen LogP contribution in [0.2, 0.25) is 0 Å². The molecule has 0 aromatic carbocycles. The molecule has 2 saturated carbocycles. The zero-order valence-electron chi connectivity index (χ0n) is 13.2. The smallest absolute Gasteiger partial charge is 0.0490 e. The average Bonchev–Trinajstić information content (AvgIpc) is 2.47. The van der Waals surface area contributed by atoms with Crippen molar-refractivity contribution < 1.29 is 4.74 Å². The summed E-state index contributed by atoms with van der Waals surface area (Å²) < 4.78 is 5.29. The Morgan fingerprint density at radius 3 is 1.53 bits per heavy atom. The molecule has 0 amide bonds. The molecule has 2 aliphatic rings. The Labute approximate surface area is 120 Å². The van der Waals surface area contributed by atoms with Crippen molar-refractivity contribution in [2.75, 3.05) is 13.7 Å². The minimum atomic E-state index is 0.862. The van der Waals surface area contributed by atoms with Gasteiger partial charge >= 0.3 is 0 Å². The minimum Gasteiger partial charge on any atom is -0.384 e. The van der Waals surface area contributed by atoms with Crippen molar-refractivity contribution in [1.29, 1.82) is 0 Å². The first-order valence-electron chi connectivity index (χ1n) is 8.80. The molecule has 2 fully saturated rings. The van der Waals surface area contributed by atoms with Gasteiger partial charge in [0.1, 0.15) is 0 Å². The van der Waals surface area contributed by atoms with Gasteiger partial charge in [0.15, 0.2) is 0 Å². The molecule has 2 rings (SSSR count). The van der Waals surface area contributed by atoms with Crippen molar-refractivity contribution in [2.24, 2.45) is 23.7 Å². The summed E-state index contributed by atoms with van der Waals surface area (Å²) in [6.07, 6.45) is 16.3. The highest BCUT2D eigenvalue weighted by atomic mass is 16.5. The summed E-state index contributed by atoms with van der Waals surface area (Å²) in [7, 11) is 1.85. The normalized spacial score (nSPS) is 36.3. The first-order valence-corrected chi connectivity index (χ1v) is 8.80. The van der Waals surface area contributed by atoms with Crippen molar-refractivity contribution >= 4 is 0 Å². The Bertz CT molecular complexity index is 222. The molecule has 0 N–H and O–H groups in total. The highest BCUT2D eigenvalue weighted by Gasteiger charge is 2.24. The Balaban J connectivity index is 1.57. The Kier molecular flexibility index (Phi) is 6.70. The van der Waals surface area contributed by atoms with Crippen LogP contribution in [-0.4, -0.2) is 13.7 Å². The Hall–Kier alpha value is -0.0400. The molecule has 0 bridgehead atoms. The Morgan fingerprint density at radius 1 is 0.684 bits per heavy atom. The average molecular weight is 266 g/mol. The summed E-state index contributed by atoms with van der Waals surface area (Å²) in [5, 5.41) is 0. The van der Waals surface area contributed by atoms with Gasteiger partial charge in [-0.15, -0.1) is 0 Å². The lowest BCUT2D eigenvalue weighted by molar-refractivity contribution is 0.115. The van der Waals surface area contributed by atoms with Crippen molar-refractivity contribution in [1.82, 2.24) is 0 Å². The van der Waals surface area contributed by atoms with Crippen molar-refractivity contribution in [2.45, 2.75) is 77.6 Å². The van der Waals surface area contributed by atoms with Crippen LogP contribution >= 0.6 is 0 Å². The van der Waals surface area contributed by atoms with Gasteiger partial charge in [-0.3, -0.25) is 0 Å². The van der Waals surface area contributed by atoms with E-state index in [1.54, 1.807) is 0 Å². The summed E-state index contributed by atoms with van der Waals surface area (Å²) in [5.41, 5.74) is 0. The molecule has 0 saturated heterocycles. The second-order valence-corrected chi connectivity index (χ2v) is 7.21. The van der Waals surface area contributed by atoms with E-state index in [4.69, 9.17) is 4.74 Å². The molecule has 0 aromatic rings. The second-order valence-electron chi connectivity index (χ2n) is 7.21. The molecule has 0 aromatic heterocycles. The fourth-order valence-electron chi connectivity index (χ4n) is 4.32. The third-order valence-corrected chi connectivity index (χ3v) is 5.90. The summed E-state index contributed by atoms with van der Waals surface area (Å²) in [4.78, 5) is 0. The van der Waals surface area contributed by atoms with Crippen LogP contribution in [0.25, 0.3) is 0 Å². The molecule has 0 unspecified atom stereocenters. The number of hydrogen-bond acceptors (Lipinski definition) is 1. The van der Waals surface area contributed by atoms with E-state index in [2.05, 4.69) is 6.92 Å². The zero-order valence-corrected chi connectivity index (χ0v) is 13.2. The molecule has 1 heteroatoms. The van der Waals surface area contributed by atoms with E-state index in [1.807, 2.05) is 7.11 Å². The topological polar surface area (TPSA) is 9.23 Å². The van der Waals surface area contributed by atoms with E-state index < -0.39 is 0 Å². The van der Waals surface area contributed by atoms with Crippen LogP contribution in [0, 0.1) is 23.7 Å². The molecule has 0 aliphatic heterocycles. The largest absolute Gasteiger partial charge is 0.384 e. The predicted octanol–water partition coefficient (Wildman–Crippen LogP) is 5.44. The van der Waals surface area contributed by atoms with Crippen LogP contribution in [0.5, 0.6) is 0 Å². The van der Waals surface area contributed by atoms with E-state index in [0.717, 1.165) is 30.3 Å². The molecule has 0 spiro atoms. The van der Waals surface area contributed by atoms with E-state index in [1.165, 1.54) is 70.6 Å². The highest BCUT2D eigenvalue weighted by molar-refractivity contribution is 4.76. The lowest BCUT2D eigenvalue weighted by Crippen LogP contribution is -2.20. The van der Waals surface area contributed by atoms with Crippen LogP contribution in [-0.2, 0) is 4.74 Å². The quantitative estimate of drug-likeness (QED) is 0.622. The lowest BCUT2D eigenvalue weighted by Gasteiger charge is -2.31. The highest BCUT2D eigenvalue weighted by Crippen LogP contribution is 2.37. The van der Waals surface area contributed by atoms with Crippen molar-refractivity contribution in [3.05, 3.63) is 0 Å². The number of rotatable bonds is 6. The summed E-state index contributed by atoms with van der Waals surface area (Å²) in [6, 6.07) is 0. The van der Waals surface area contributed by atoms with Crippen LogP contribution in [0.1, 0.15) is 77.6 Å². The van der Waals surface area contributed by atoms with Gasteiger partial charge < -0.3 is 4.74 Å². The SMILES string of the molecule is CCC1CCC(CCC2CCC(COC)CC2)CC1. The predicted molar refractivity (Wildman–Crippen MR) is 82.3 cm³/mol. The molecule has 0 heterocycles. The van der Waals surface area contributed by atoms with Gasteiger partial charge in [0.05, 0.1) is 0 Å². The van der Waals surface area contributed by atoms with E-state index in [0.29, 0.717) is 0 Å². The minimum absolute atomic E-state index is 0.862. The maximum Gasteiger partial charge on any atom is 0.0490 e. The van der Waals surface area contributed by atoms with Crippen LogP contribution < -0.4 is 0 Å². The first-order chi connectivity index (χ1) is 9.31. The molecule has 1 nitrogen and oxygen atoms in total. The number of hydrogen-bond donors (Lipinski definition) is 0. The number of methoxy groups -OCH3 is 1. The fourth-order valence-corrected chi connectivity index (χ4v) is 4.32. The molecular formula is C18H34O. The third kappa shape index (κ3) is 5.10. The number of ether oxygens (including phenoxy) is 1. The maximum absolute atomic E-state index is 5.29. The van der Waals surface area contributed by atoms with Gasteiger partial charge in [-0.25, -0.2) is 0 Å². The van der Waals surface area contributed by atoms with Crippen LogP contribution in [0.3, 0.4) is 0 Å². The molecule has 0 radical (unpaired) electrons. The second kappa shape index (κ2) is 8.29.